The second-order valence-corrected chi connectivity index (χ2v) is 5.94. The topological polar surface area (TPSA) is 54.4 Å². The fourth-order valence-electron chi connectivity index (χ4n) is 1.72. The zero-order valence-electron chi connectivity index (χ0n) is 8.88. The van der Waals surface area contributed by atoms with Crippen molar-refractivity contribution >= 4 is 21.7 Å². The minimum Gasteiger partial charge on any atom is -0.282 e. The largest absolute Gasteiger partial charge is 0.294 e. The average Bonchev–Trinajstić information content (AvgIpc) is 2.29. The van der Waals surface area contributed by atoms with Gasteiger partial charge in [-0.3, -0.25) is 4.55 Å². The molecule has 0 bridgehead atoms. The first-order chi connectivity index (χ1) is 7.92. The summed E-state index contributed by atoms with van der Waals surface area (Å²) in [4.78, 5) is -0.847. The van der Waals surface area contributed by atoms with Crippen molar-refractivity contribution in [2.45, 2.75) is 11.3 Å². The van der Waals surface area contributed by atoms with Gasteiger partial charge in [-0.2, -0.15) is 8.42 Å². The molecule has 1 aromatic rings. The van der Waals surface area contributed by atoms with E-state index in [0.717, 1.165) is 5.56 Å². The summed E-state index contributed by atoms with van der Waals surface area (Å²) >= 11 is 6.41. The number of alkyl halides is 1. The summed E-state index contributed by atoms with van der Waals surface area (Å²) < 4.78 is 30.7. The van der Waals surface area contributed by atoms with Crippen LogP contribution in [0.25, 0.3) is 0 Å². The van der Waals surface area contributed by atoms with Crippen molar-refractivity contribution in [3.63, 3.8) is 0 Å². The van der Waals surface area contributed by atoms with Crippen molar-refractivity contribution in [1.82, 2.24) is 0 Å². The van der Waals surface area contributed by atoms with E-state index < -0.39 is 15.0 Å². The molecule has 1 aliphatic rings. The number of hydrogen-bond acceptors (Lipinski definition) is 2. The Bertz CT molecular complexity index is 575. The van der Waals surface area contributed by atoms with E-state index in [2.05, 4.69) is 0 Å². The standard InChI is InChI=1S/C12H11ClO3S/c13-12(10-4-2-1-3-5-10)8-6-11(7-9-12)17(14,15)16/h1-8H,9H2,(H,14,15,16). The van der Waals surface area contributed by atoms with E-state index in [1.165, 1.54) is 12.2 Å². The molecule has 1 aromatic carbocycles. The van der Waals surface area contributed by atoms with Crippen molar-refractivity contribution in [1.29, 1.82) is 0 Å². The molecule has 3 nitrogen and oxygen atoms in total. The highest BCUT2D eigenvalue weighted by atomic mass is 35.5. The average molecular weight is 271 g/mol. The fraction of sp³-hybridized carbons (Fsp3) is 0.167. The third-order valence-electron chi connectivity index (χ3n) is 2.66. The van der Waals surface area contributed by atoms with Crippen LogP contribution in [-0.2, 0) is 15.0 Å². The number of allylic oxidation sites excluding steroid dienone is 3. The minimum absolute atomic E-state index is 0.107. The van der Waals surface area contributed by atoms with Crippen molar-refractivity contribution in [3.05, 3.63) is 59.0 Å². The van der Waals surface area contributed by atoms with Gasteiger partial charge in [0.05, 0.1) is 9.78 Å². The maximum atomic E-state index is 10.9. The summed E-state index contributed by atoms with van der Waals surface area (Å²) in [5, 5.41) is 0. The third-order valence-corrected chi connectivity index (χ3v) is 4.06. The molecule has 17 heavy (non-hydrogen) atoms. The van der Waals surface area contributed by atoms with E-state index in [9.17, 15) is 8.42 Å². The van der Waals surface area contributed by atoms with Gasteiger partial charge in [-0.15, -0.1) is 11.6 Å². The molecule has 0 aliphatic heterocycles. The molecule has 2 rings (SSSR count). The van der Waals surface area contributed by atoms with Crippen LogP contribution in [0.3, 0.4) is 0 Å². The van der Waals surface area contributed by atoms with Crippen LogP contribution in [0.1, 0.15) is 12.0 Å². The van der Waals surface area contributed by atoms with Crippen LogP contribution >= 0.6 is 11.6 Å². The van der Waals surface area contributed by atoms with Gasteiger partial charge in [0.25, 0.3) is 10.1 Å². The monoisotopic (exact) mass is 270 g/mol. The van der Waals surface area contributed by atoms with E-state index in [-0.39, 0.29) is 4.91 Å². The lowest BCUT2D eigenvalue weighted by Crippen LogP contribution is -2.18. The van der Waals surface area contributed by atoms with Crippen LogP contribution in [0, 0.1) is 0 Å². The summed E-state index contributed by atoms with van der Waals surface area (Å²) in [7, 11) is -4.14. The number of benzene rings is 1. The molecule has 90 valence electrons. The van der Waals surface area contributed by atoms with Gasteiger partial charge in [0.2, 0.25) is 0 Å². The molecule has 0 amide bonds. The second-order valence-electron chi connectivity index (χ2n) is 3.85. The summed E-state index contributed by atoms with van der Waals surface area (Å²) in [6.45, 7) is 0. The lowest BCUT2D eigenvalue weighted by atomic mass is 9.91. The number of halogens is 1. The molecule has 0 heterocycles. The molecule has 0 saturated carbocycles. The zero-order valence-corrected chi connectivity index (χ0v) is 10.4. The molecule has 5 heteroatoms. The van der Waals surface area contributed by atoms with Crippen molar-refractivity contribution in [2.24, 2.45) is 0 Å². The van der Waals surface area contributed by atoms with Gasteiger partial charge in [0, 0.05) is 0 Å². The van der Waals surface area contributed by atoms with Gasteiger partial charge in [0.15, 0.2) is 0 Å². The summed E-state index contributed by atoms with van der Waals surface area (Å²) in [5.74, 6) is 0. The maximum Gasteiger partial charge on any atom is 0.294 e. The van der Waals surface area contributed by atoms with Crippen molar-refractivity contribution < 1.29 is 13.0 Å². The van der Waals surface area contributed by atoms with E-state index in [1.54, 1.807) is 6.08 Å². The lowest BCUT2D eigenvalue weighted by molar-refractivity contribution is 0.491. The lowest BCUT2D eigenvalue weighted by Gasteiger charge is -2.25. The molecular formula is C12H11ClO3S. The fourth-order valence-corrected chi connectivity index (χ4v) is 2.52. The molecule has 1 unspecified atom stereocenters. The Labute approximate surface area is 105 Å². The predicted octanol–water partition coefficient (Wildman–Crippen LogP) is 2.85. The van der Waals surface area contributed by atoms with Gasteiger partial charge in [-0.25, -0.2) is 0 Å². The van der Waals surface area contributed by atoms with Crippen molar-refractivity contribution in [3.8, 4) is 0 Å². The van der Waals surface area contributed by atoms with Crippen molar-refractivity contribution in [2.75, 3.05) is 0 Å². The van der Waals surface area contributed by atoms with Crippen LogP contribution in [0.5, 0.6) is 0 Å². The summed E-state index contributed by atoms with van der Waals surface area (Å²) in [6.07, 6.45) is 4.67. The molecular weight excluding hydrogens is 260 g/mol. The van der Waals surface area contributed by atoms with E-state index >= 15 is 0 Å². The molecule has 0 fully saturated rings. The number of rotatable bonds is 2. The van der Waals surface area contributed by atoms with Crippen LogP contribution in [0.4, 0.5) is 0 Å². The SMILES string of the molecule is O=S(=O)(O)C1=CCC(Cl)(c2ccccc2)C=C1. The Kier molecular flexibility index (Phi) is 3.12. The second kappa shape index (κ2) is 4.29. The normalized spacial score (nSPS) is 24.5. The smallest absolute Gasteiger partial charge is 0.282 e. The molecule has 1 aliphatic carbocycles. The highest BCUT2D eigenvalue weighted by Crippen LogP contribution is 2.38. The molecule has 1 N–H and O–H groups in total. The quantitative estimate of drug-likeness (QED) is 0.664. The van der Waals surface area contributed by atoms with Crippen LogP contribution in [-0.4, -0.2) is 13.0 Å². The Balaban J connectivity index is 2.31. The summed E-state index contributed by atoms with van der Waals surface area (Å²) in [5.41, 5.74) is 0.892. The van der Waals surface area contributed by atoms with Gasteiger partial charge in [0.1, 0.15) is 0 Å². The Morgan fingerprint density at radius 1 is 1.24 bits per heavy atom. The van der Waals surface area contributed by atoms with Crippen LogP contribution in [0.2, 0.25) is 0 Å². The summed E-state index contributed by atoms with van der Waals surface area (Å²) in [6, 6.07) is 9.38. The molecule has 1 atom stereocenters. The third kappa shape index (κ3) is 2.60. The highest BCUT2D eigenvalue weighted by molar-refractivity contribution is 7.90. The van der Waals surface area contributed by atoms with E-state index in [0.29, 0.717) is 6.42 Å². The molecule has 0 aromatic heterocycles. The van der Waals surface area contributed by atoms with E-state index in [1.807, 2.05) is 30.3 Å². The van der Waals surface area contributed by atoms with Crippen LogP contribution < -0.4 is 0 Å². The van der Waals surface area contributed by atoms with E-state index in [4.69, 9.17) is 16.2 Å². The minimum atomic E-state index is -4.14. The Morgan fingerprint density at radius 3 is 2.35 bits per heavy atom. The maximum absolute atomic E-state index is 10.9. The first-order valence-corrected chi connectivity index (χ1v) is 6.85. The predicted molar refractivity (Wildman–Crippen MR) is 67.4 cm³/mol. The Morgan fingerprint density at radius 2 is 1.88 bits per heavy atom. The Hall–Kier alpha value is -1.10. The number of hydrogen-bond donors (Lipinski definition) is 1. The van der Waals surface area contributed by atoms with Gasteiger partial charge >= 0.3 is 0 Å². The highest BCUT2D eigenvalue weighted by Gasteiger charge is 2.29. The van der Waals surface area contributed by atoms with Gasteiger partial charge < -0.3 is 0 Å². The zero-order chi connectivity index (χ0) is 12.5. The molecule has 0 spiro atoms. The first kappa shape index (κ1) is 12.4. The van der Waals surface area contributed by atoms with Gasteiger partial charge in [-0.1, -0.05) is 42.5 Å². The molecule has 0 radical (unpaired) electrons. The van der Waals surface area contributed by atoms with Gasteiger partial charge in [-0.05, 0) is 18.1 Å². The first-order valence-electron chi connectivity index (χ1n) is 5.03. The van der Waals surface area contributed by atoms with Crippen LogP contribution in [0.15, 0.2) is 53.5 Å². The molecule has 0 saturated heterocycles.